The van der Waals surface area contributed by atoms with Crippen molar-refractivity contribution in [2.24, 2.45) is 0 Å². The molecular weight excluding hydrogens is 342 g/mol. The van der Waals surface area contributed by atoms with Gasteiger partial charge in [0, 0.05) is 26.2 Å². The number of piperazine rings is 1. The van der Waals surface area contributed by atoms with E-state index in [4.69, 9.17) is 4.74 Å². The zero-order valence-electron chi connectivity index (χ0n) is 15.6. The van der Waals surface area contributed by atoms with Gasteiger partial charge in [-0.25, -0.2) is 4.79 Å². The molecule has 1 fully saturated rings. The summed E-state index contributed by atoms with van der Waals surface area (Å²) in [5.41, 5.74) is 3.17. The van der Waals surface area contributed by atoms with Crippen LogP contribution in [0.2, 0.25) is 0 Å². The van der Waals surface area contributed by atoms with Crippen LogP contribution in [0.25, 0.3) is 0 Å². The van der Waals surface area contributed by atoms with Crippen molar-refractivity contribution < 1.29 is 9.53 Å². The first-order chi connectivity index (χ1) is 13.2. The number of aryl methyl sites for hydroxylation is 2. The van der Waals surface area contributed by atoms with Crippen LogP contribution < -0.4 is 15.0 Å². The number of nitrogens with zero attached hydrogens (tertiary/aromatic N) is 4. The number of benzene rings is 1. The third-order valence-corrected chi connectivity index (χ3v) is 5.13. The van der Waals surface area contributed by atoms with Gasteiger partial charge in [0.05, 0.1) is 18.0 Å². The van der Waals surface area contributed by atoms with E-state index in [2.05, 4.69) is 26.5 Å². The summed E-state index contributed by atoms with van der Waals surface area (Å²) >= 11 is 0. The monoisotopic (exact) mass is 367 g/mol. The number of hydrogen-bond donors (Lipinski definition) is 1. The first-order valence-corrected chi connectivity index (χ1v) is 9.63. The molecule has 1 aliphatic heterocycles. The maximum Gasteiger partial charge on any atom is 0.322 e. The summed E-state index contributed by atoms with van der Waals surface area (Å²) in [4.78, 5) is 16.7. The van der Waals surface area contributed by atoms with E-state index in [0.29, 0.717) is 31.1 Å². The van der Waals surface area contributed by atoms with E-state index in [0.717, 1.165) is 37.4 Å². The Kier molecular flexibility index (Phi) is 5.09. The molecule has 2 amide bonds. The second-order valence-corrected chi connectivity index (χ2v) is 6.86. The maximum atomic E-state index is 12.6. The first kappa shape index (κ1) is 17.6. The second kappa shape index (κ2) is 7.82. The smallest absolute Gasteiger partial charge is 0.322 e. The van der Waals surface area contributed by atoms with Gasteiger partial charge in [-0.1, -0.05) is 12.1 Å². The van der Waals surface area contributed by atoms with Crippen molar-refractivity contribution in [1.82, 2.24) is 15.1 Å². The minimum absolute atomic E-state index is 0.0955. The molecule has 1 aromatic heterocycles. The fraction of sp³-hybridized carbons (Fsp3) is 0.450. The van der Waals surface area contributed by atoms with E-state index in [1.165, 1.54) is 12.0 Å². The molecule has 0 radical (unpaired) electrons. The summed E-state index contributed by atoms with van der Waals surface area (Å²) in [6, 6.07) is 9.59. The lowest BCUT2D eigenvalue weighted by atomic mass is 10.2. The molecule has 0 saturated carbocycles. The lowest BCUT2D eigenvalue weighted by Crippen LogP contribution is -2.50. The number of urea groups is 1. The molecule has 1 aliphatic carbocycles. The third kappa shape index (κ3) is 3.82. The van der Waals surface area contributed by atoms with Gasteiger partial charge in [-0.2, -0.15) is 5.10 Å². The van der Waals surface area contributed by atoms with Gasteiger partial charge in [0.1, 0.15) is 5.75 Å². The van der Waals surface area contributed by atoms with Crippen LogP contribution in [-0.2, 0) is 12.8 Å². The highest BCUT2D eigenvalue weighted by molar-refractivity contribution is 5.91. The molecule has 1 saturated heterocycles. The van der Waals surface area contributed by atoms with Crippen molar-refractivity contribution in [3.8, 4) is 5.75 Å². The topological polar surface area (TPSA) is 70.6 Å². The number of nitrogens with one attached hydrogen (secondary N) is 1. The van der Waals surface area contributed by atoms with Crippen LogP contribution in [-0.4, -0.2) is 53.9 Å². The molecule has 7 heteroatoms. The quantitative estimate of drug-likeness (QED) is 0.900. The summed E-state index contributed by atoms with van der Waals surface area (Å²) in [5, 5.41) is 11.7. The lowest BCUT2D eigenvalue weighted by molar-refractivity contribution is 0.208. The van der Waals surface area contributed by atoms with Crippen LogP contribution in [0.15, 0.2) is 30.3 Å². The fourth-order valence-electron chi connectivity index (χ4n) is 3.66. The average molecular weight is 367 g/mol. The standard InChI is InChI=1S/C20H25N5O2/c1-2-27-18-9-4-3-7-17(18)21-20(26)25-12-10-24(11-13-25)19-14-15-6-5-8-16(15)22-23-19/h3-4,7,9,14H,2,5-6,8,10-13H2,1H3,(H,21,26). The molecule has 2 aromatic rings. The largest absolute Gasteiger partial charge is 0.492 e. The van der Waals surface area contributed by atoms with Crippen molar-refractivity contribution in [3.05, 3.63) is 41.6 Å². The molecule has 0 atom stereocenters. The SMILES string of the molecule is CCOc1ccccc1NC(=O)N1CCN(c2cc3c(nn2)CCC3)CC1. The van der Waals surface area contributed by atoms with Crippen LogP contribution in [0.4, 0.5) is 16.3 Å². The zero-order chi connectivity index (χ0) is 18.6. The number of carbonyl (C=O) groups excluding carboxylic acids is 1. The van der Waals surface area contributed by atoms with E-state index in [1.807, 2.05) is 36.1 Å². The number of anilines is 2. The normalized spacial score (nSPS) is 16.2. The van der Waals surface area contributed by atoms with Gasteiger partial charge in [0.15, 0.2) is 5.82 Å². The molecule has 27 heavy (non-hydrogen) atoms. The van der Waals surface area contributed by atoms with Crippen LogP contribution in [0.3, 0.4) is 0 Å². The van der Waals surface area contributed by atoms with Gasteiger partial charge >= 0.3 is 6.03 Å². The molecular formula is C20H25N5O2. The third-order valence-electron chi connectivity index (χ3n) is 5.13. The van der Waals surface area contributed by atoms with E-state index in [-0.39, 0.29) is 6.03 Å². The number of rotatable bonds is 4. The maximum absolute atomic E-state index is 12.6. The Labute approximate surface area is 159 Å². The number of amides is 2. The Balaban J connectivity index is 1.36. The molecule has 0 bridgehead atoms. The minimum Gasteiger partial charge on any atom is -0.492 e. The Bertz CT molecular complexity index is 818. The Morgan fingerprint density at radius 1 is 1.15 bits per heavy atom. The zero-order valence-corrected chi connectivity index (χ0v) is 15.6. The van der Waals surface area contributed by atoms with Crippen LogP contribution in [0, 0.1) is 0 Å². The van der Waals surface area contributed by atoms with Crippen molar-refractivity contribution in [1.29, 1.82) is 0 Å². The first-order valence-electron chi connectivity index (χ1n) is 9.63. The van der Waals surface area contributed by atoms with Gasteiger partial charge in [-0.3, -0.25) is 0 Å². The predicted octanol–water partition coefficient (Wildman–Crippen LogP) is 2.72. The number of fused-ring (bicyclic) bond motifs is 1. The number of hydrogen-bond acceptors (Lipinski definition) is 5. The molecule has 7 nitrogen and oxygen atoms in total. The molecule has 1 aromatic carbocycles. The fourth-order valence-corrected chi connectivity index (χ4v) is 3.66. The Hall–Kier alpha value is -2.83. The average Bonchev–Trinajstić information content (AvgIpc) is 3.17. The summed E-state index contributed by atoms with van der Waals surface area (Å²) in [6.45, 7) is 5.32. The van der Waals surface area contributed by atoms with Crippen LogP contribution >= 0.6 is 0 Å². The van der Waals surface area contributed by atoms with Gasteiger partial charge < -0.3 is 19.9 Å². The van der Waals surface area contributed by atoms with Crippen molar-refractivity contribution in [2.75, 3.05) is 43.0 Å². The van der Waals surface area contributed by atoms with E-state index in [9.17, 15) is 4.79 Å². The van der Waals surface area contributed by atoms with E-state index >= 15 is 0 Å². The summed E-state index contributed by atoms with van der Waals surface area (Å²) < 4.78 is 5.58. The Morgan fingerprint density at radius 2 is 1.96 bits per heavy atom. The minimum atomic E-state index is -0.0955. The van der Waals surface area contributed by atoms with Crippen LogP contribution in [0.5, 0.6) is 5.75 Å². The number of para-hydroxylation sites is 2. The number of aromatic nitrogens is 2. The Morgan fingerprint density at radius 3 is 2.78 bits per heavy atom. The molecule has 0 spiro atoms. The highest BCUT2D eigenvalue weighted by Gasteiger charge is 2.24. The lowest BCUT2D eigenvalue weighted by Gasteiger charge is -2.35. The summed E-state index contributed by atoms with van der Waals surface area (Å²) in [7, 11) is 0. The highest BCUT2D eigenvalue weighted by Crippen LogP contribution is 2.25. The van der Waals surface area contributed by atoms with Gasteiger partial charge in [0.25, 0.3) is 0 Å². The molecule has 1 N–H and O–H groups in total. The van der Waals surface area contributed by atoms with Crippen molar-refractivity contribution in [2.45, 2.75) is 26.2 Å². The number of ether oxygens (including phenoxy) is 1. The van der Waals surface area contributed by atoms with Gasteiger partial charge in [0.2, 0.25) is 0 Å². The van der Waals surface area contributed by atoms with Crippen molar-refractivity contribution >= 4 is 17.5 Å². The summed E-state index contributed by atoms with van der Waals surface area (Å²) in [6.07, 6.45) is 3.31. The number of carbonyl (C=O) groups is 1. The van der Waals surface area contributed by atoms with Gasteiger partial charge in [-0.15, -0.1) is 5.10 Å². The van der Waals surface area contributed by atoms with Crippen molar-refractivity contribution in [3.63, 3.8) is 0 Å². The molecule has 2 aliphatic rings. The molecule has 0 unspecified atom stereocenters. The van der Waals surface area contributed by atoms with E-state index in [1.54, 1.807) is 0 Å². The second-order valence-electron chi connectivity index (χ2n) is 6.86. The van der Waals surface area contributed by atoms with Crippen LogP contribution in [0.1, 0.15) is 24.6 Å². The van der Waals surface area contributed by atoms with Gasteiger partial charge in [-0.05, 0) is 49.9 Å². The molecule has 142 valence electrons. The predicted molar refractivity (Wildman–Crippen MR) is 104 cm³/mol. The van der Waals surface area contributed by atoms with E-state index < -0.39 is 0 Å². The summed E-state index contributed by atoms with van der Waals surface area (Å²) in [5.74, 6) is 1.62. The highest BCUT2D eigenvalue weighted by atomic mass is 16.5. The molecule has 2 heterocycles. The molecule has 4 rings (SSSR count).